The molecule has 6 heteroatoms. The molecule has 0 saturated heterocycles. The largest absolute Gasteiger partial charge is 0.496 e. The van der Waals surface area contributed by atoms with Gasteiger partial charge in [0.1, 0.15) is 5.75 Å². The minimum Gasteiger partial charge on any atom is -0.496 e. The molecule has 0 bridgehead atoms. The molecule has 3 nitrogen and oxygen atoms in total. The van der Waals surface area contributed by atoms with Gasteiger partial charge in [0.25, 0.3) is 0 Å². The standard InChI is InChI=1S/C15H23F3N2O/c1-4-7-20(10-15(16,17)18)9-13-8-12(11(2)19)5-6-14(13)21-3/h5-6,8,11H,4,7,9-10,19H2,1-3H3. The molecule has 0 aromatic heterocycles. The van der Waals surface area contributed by atoms with Crippen LogP contribution in [0.5, 0.6) is 5.75 Å². The predicted octanol–water partition coefficient (Wildman–Crippen LogP) is 3.49. The molecule has 21 heavy (non-hydrogen) atoms. The van der Waals surface area contributed by atoms with Crippen molar-refractivity contribution >= 4 is 0 Å². The number of halogens is 3. The van der Waals surface area contributed by atoms with Crippen LogP contribution in [0.4, 0.5) is 13.2 Å². The van der Waals surface area contributed by atoms with Crippen LogP contribution in [0.3, 0.4) is 0 Å². The Kier molecular flexibility index (Phi) is 6.48. The minimum absolute atomic E-state index is 0.170. The average Bonchev–Trinajstić information content (AvgIpc) is 2.36. The van der Waals surface area contributed by atoms with Crippen LogP contribution in [-0.4, -0.2) is 31.3 Å². The maximum absolute atomic E-state index is 12.6. The molecule has 0 aliphatic rings. The highest BCUT2D eigenvalue weighted by Gasteiger charge is 2.30. The van der Waals surface area contributed by atoms with E-state index < -0.39 is 12.7 Å². The zero-order valence-electron chi connectivity index (χ0n) is 12.7. The van der Waals surface area contributed by atoms with Gasteiger partial charge in [-0.1, -0.05) is 13.0 Å². The fourth-order valence-electron chi connectivity index (χ4n) is 2.23. The number of ether oxygens (including phenoxy) is 1. The van der Waals surface area contributed by atoms with Crippen LogP contribution >= 0.6 is 0 Å². The van der Waals surface area contributed by atoms with Crippen molar-refractivity contribution in [3.8, 4) is 5.75 Å². The molecule has 0 radical (unpaired) electrons. The summed E-state index contributed by atoms with van der Waals surface area (Å²) in [5.74, 6) is 0.586. The normalized spacial score (nSPS) is 13.5. The Hall–Kier alpha value is -1.27. The van der Waals surface area contributed by atoms with Gasteiger partial charge in [-0.15, -0.1) is 0 Å². The highest BCUT2D eigenvalue weighted by molar-refractivity contribution is 5.38. The van der Waals surface area contributed by atoms with Crippen LogP contribution in [0.15, 0.2) is 18.2 Å². The zero-order valence-corrected chi connectivity index (χ0v) is 12.7. The van der Waals surface area contributed by atoms with Gasteiger partial charge in [0.2, 0.25) is 0 Å². The first-order valence-electron chi connectivity index (χ1n) is 6.98. The van der Waals surface area contributed by atoms with Crippen molar-refractivity contribution in [1.29, 1.82) is 0 Å². The van der Waals surface area contributed by atoms with Crippen molar-refractivity contribution in [2.24, 2.45) is 5.73 Å². The van der Waals surface area contributed by atoms with Gasteiger partial charge in [-0.25, -0.2) is 0 Å². The number of alkyl halides is 3. The van der Waals surface area contributed by atoms with Crippen molar-refractivity contribution < 1.29 is 17.9 Å². The molecule has 0 saturated carbocycles. The van der Waals surface area contributed by atoms with Crippen LogP contribution < -0.4 is 10.5 Å². The summed E-state index contributed by atoms with van der Waals surface area (Å²) in [6.45, 7) is 3.35. The molecule has 1 rings (SSSR count). The summed E-state index contributed by atoms with van der Waals surface area (Å²) in [5.41, 5.74) is 7.44. The molecule has 1 aromatic carbocycles. The van der Waals surface area contributed by atoms with Gasteiger partial charge < -0.3 is 10.5 Å². The Balaban J connectivity index is 2.97. The monoisotopic (exact) mass is 304 g/mol. The number of rotatable bonds is 7. The van der Waals surface area contributed by atoms with E-state index in [4.69, 9.17) is 10.5 Å². The highest BCUT2D eigenvalue weighted by atomic mass is 19.4. The summed E-state index contributed by atoms with van der Waals surface area (Å²) < 4.78 is 43.1. The molecule has 0 aliphatic heterocycles. The van der Waals surface area contributed by atoms with Gasteiger partial charge >= 0.3 is 6.18 Å². The SMILES string of the molecule is CCCN(Cc1cc(C(C)N)ccc1OC)CC(F)(F)F. The predicted molar refractivity (Wildman–Crippen MR) is 77.2 cm³/mol. The third-order valence-corrected chi connectivity index (χ3v) is 3.17. The van der Waals surface area contributed by atoms with Crippen molar-refractivity contribution in [2.75, 3.05) is 20.2 Å². The summed E-state index contributed by atoms with van der Waals surface area (Å²) in [6.07, 6.45) is -3.55. The first-order chi connectivity index (χ1) is 9.76. The second-order valence-corrected chi connectivity index (χ2v) is 5.19. The third kappa shape index (κ3) is 5.93. The topological polar surface area (TPSA) is 38.5 Å². The lowest BCUT2D eigenvalue weighted by Gasteiger charge is -2.24. The Labute approximate surface area is 123 Å². The van der Waals surface area contributed by atoms with E-state index in [2.05, 4.69) is 0 Å². The quantitative estimate of drug-likeness (QED) is 0.838. The fourth-order valence-corrected chi connectivity index (χ4v) is 2.23. The van der Waals surface area contributed by atoms with Crippen LogP contribution in [0.25, 0.3) is 0 Å². The molecule has 2 N–H and O–H groups in total. The number of benzene rings is 1. The van der Waals surface area contributed by atoms with Gasteiger partial charge in [0.05, 0.1) is 13.7 Å². The van der Waals surface area contributed by atoms with Gasteiger partial charge in [-0.2, -0.15) is 13.2 Å². The van der Waals surface area contributed by atoms with E-state index in [1.807, 2.05) is 26.0 Å². The summed E-state index contributed by atoms with van der Waals surface area (Å²) in [6, 6.07) is 5.24. The van der Waals surface area contributed by atoms with Gasteiger partial charge in [0.15, 0.2) is 0 Å². The first kappa shape index (κ1) is 17.8. The lowest BCUT2D eigenvalue weighted by Crippen LogP contribution is -2.34. The summed E-state index contributed by atoms with van der Waals surface area (Å²) in [7, 11) is 1.51. The molecular formula is C15H23F3N2O. The van der Waals surface area contributed by atoms with E-state index in [0.717, 1.165) is 11.1 Å². The molecule has 1 unspecified atom stereocenters. The van der Waals surface area contributed by atoms with E-state index in [1.54, 1.807) is 6.07 Å². The number of nitrogens with zero attached hydrogens (tertiary/aromatic N) is 1. The lowest BCUT2D eigenvalue weighted by molar-refractivity contribution is -0.147. The van der Waals surface area contributed by atoms with Crippen molar-refractivity contribution in [3.05, 3.63) is 29.3 Å². The Morgan fingerprint density at radius 1 is 1.33 bits per heavy atom. The molecule has 0 amide bonds. The second kappa shape index (κ2) is 7.66. The number of methoxy groups -OCH3 is 1. The Morgan fingerprint density at radius 3 is 2.48 bits per heavy atom. The number of hydrogen-bond acceptors (Lipinski definition) is 3. The maximum Gasteiger partial charge on any atom is 0.401 e. The molecule has 1 aromatic rings. The Morgan fingerprint density at radius 2 is 2.00 bits per heavy atom. The Bertz CT molecular complexity index is 447. The first-order valence-corrected chi connectivity index (χ1v) is 6.98. The molecule has 0 heterocycles. The van der Waals surface area contributed by atoms with Crippen molar-refractivity contribution in [1.82, 2.24) is 4.90 Å². The molecule has 0 aliphatic carbocycles. The minimum atomic E-state index is -4.21. The van der Waals surface area contributed by atoms with Gasteiger partial charge in [-0.3, -0.25) is 4.90 Å². The molecule has 0 fully saturated rings. The highest BCUT2D eigenvalue weighted by Crippen LogP contribution is 2.25. The summed E-state index contributed by atoms with van der Waals surface area (Å²) in [5, 5.41) is 0. The van der Waals surface area contributed by atoms with E-state index in [1.165, 1.54) is 12.0 Å². The van der Waals surface area contributed by atoms with Crippen LogP contribution in [0.2, 0.25) is 0 Å². The van der Waals surface area contributed by atoms with Gasteiger partial charge in [-0.05, 0) is 37.6 Å². The third-order valence-electron chi connectivity index (χ3n) is 3.17. The van der Waals surface area contributed by atoms with Crippen LogP contribution in [0, 0.1) is 0 Å². The summed E-state index contributed by atoms with van der Waals surface area (Å²) >= 11 is 0. The van der Waals surface area contributed by atoms with E-state index >= 15 is 0 Å². The van der Waals surface area contributed by atoms with Crippen LogP contribution in [0.1, 0.15) is 37.4 Å². The molecular weight excluding hydrogens is 281 g/mol. The van der Waals surface area contributed by atoms with E-state index in [-0.39, 0.29) is 12.6 Å². The van der Waals surface area contributed by atoms with Crippen molar-refractivity contribution in [2.45, 2.75) is 39.0 Å². The average molecular weight is 304 g/mol. The van der Waals surface area contributed by atoms with E-state index in [0.29, 0.717) is 18.7 Å². The van der Waals surface area contributed by atoms with E-state index in [9.17, 15) is 13.2 Å². The summed E-state index contributed by atoms with van der Waals surface area (Å²) in [4.78, 5) is 1.38. The molecule has 0 spiro atoms. The van der Waals surface area contributed by atoms with Gasteiger partial charge in [0, 0.05) is 18.2 Å². The fraction of sp³-hybridized carbons (Fsp3) is 0.600. The van der Waals surface area contributed by atoms with Crippen LogP contribution in [-0.2, 0) is 6.54 Å². The maximum atomic E-state index is 12.6. The number of nitrogens with two attached hydrogens (primary N) is 1. The smallest absolute Gasteiger partial charge is 0.401 e. The lowest BCUT2D eigenvalue weighted by atomic mass is 10.0. The number of hydrogen-bond donors (Lipinski definition) is 1. The van der Waals surface area contributed by atoms with Crippen molar-refractivity contribution in [3.63, 3.8) is 0 Å². The molecule has 120 valence electrons. The zero-order chi connectivity index (χ0) is 16.0. The molecule has 1 atom stereocenters. The second-order valence-electron chi connectivity index (χ2n) is 5.19.